The van der Waals surface area contributed by atoms with Crippen LogP contribution >= 0.6 is 0 Å². The highest BCUT2D eigenvalue weighted by atomic mass is 16.5. The Morgan fingerprint density at radius 1 is 1.43 bits per heavy atom. The van der Waals surface area contributed by atoms with Crippen molar-refractivity contribution in [2.75, 3.05) is 20.2 Å². The number of nitrogens with zero attached hydrogens (tertiary/aromatic N) is 1. The van der Waals surface area contributed by atoms with Crippen LogP contribution in [0.25, 0.3) is 0 Å². The number of aliphatic hydroxyl groups is 1. The van der Waals surface area contributed by atoms with Crippen molar-refractivity contribution in [3.8, 4) is 5.75 Å². The summed E-state index contributed by atoms with van der Waals surface area (Å²) in [6.45, 7) is 3.42. The molecule has 4 heteroatoms. The smallest absolute Gasteiger partial charge is 0.253 e. The zero-order chi connectivity index (χ0) is 15.0. The van der Waals surface area contributed by atoms with Crippen molar-refractivity contribution in [3.05, 3.63) is 29.3 Å². The lowest BCUT2D eigenvalue weighted by atomic mass is 9.90. The van der Waals surface area contributed by atoms with E-state index in [9.17, 15) is 9.90 Å². The number of amides is 1. The first-order valence-electron chi connectivity index (χ1n) is 7.70. The first-order valence-corrected chi connectivity index (χ1v) is 7.70. The number of rotatable bonds is 3. The highest BCUT2D eigenvalue weighted by Gasteiger charge is 2.49. The summed E-state index contributed by atoms with van der Waals surface area (Å²) in [6.07, 6.45) is 3.79. The van der Waals surface area contributed by atoms with Gasteiger partial charge in [-0.2, -0.15) is 0 Å². The van der Waals surface area contributed by atoms with Gasteiger partial charge in [0.15, 0.2) is 0 Å². The third-order valence-electron chi connectivity index (χ3n) is 4.87. The van der Waals surface area contributed by atoms with Crippen LogP contribution in [-0.4, -0.2) is 41.7 Å². The maximum atomic E-state index is 12.6. The fraction of sp³-hybridized carbons (Fsp3) is 0.588. The topological polar surface area (TPSA) is 49.8 Å². The Hall–Kier alpha value is -1.55. The molecule has 114 valence electrons. The second-order valence-corrected chi connectivity index (χ2v) is 6.38. The van der Waals surface area contributed by atoms with Gasteiger partial charge in [0.1, 0.15) is 5.75 Å². The molecule has 1 unspecified atom stereocenters. The van der Waals surface area contributed by atoms with Gasteiger partial charge in [-0.15, -0.1) is 0 Å². The summed E-state index contributed by atoms with van der Waals surface area (Å²) in [6, 6.07) is 5.55. The van der Waals surface area contributed by atoms with Crippen LogP contribution in [0.5, 0.6) is 5.75 Å². The van der Waals surface area contributed by atoms with E-state index in [4.69, 9.17) is 4.74 Å². The third-order valence-corrected chi connectivity index (χ3v) is 4.87. The standard InChI is InChI=1S/C17H23NO3/c1-12-10-13(5-6-15(12)21-2)16(19)18-9-3-4-14(11-18)17(20)7-8-17/h5-6,10,14,20H,3-4,7-9,11H2,1-2H3. The van der Waals surface area contributed by atoms with E-state index in [0.717, 1.165) is 43.5 Å². The largest absolute Gasteiger partial charge is 0.496 e. The Bertz CT molecular complexity index is 551. The molecule has 1 atom stereocenters. The van der Waals surface area contributed by atoms with Crippen LogP contribution in [0.4, 0.5) is 0 Å². The number of aryl methyl sites for hydroxylation is 1. The number of benzene rings is 1. The quantitative estimate of drug-likeness (QED) is 0.929. The van der Waals surface area contributed by atoms with Gasteiger partial charge in [0.25, 0.3) is 5.91 Å². The number of likely N-dealkylation sites (tertiary alicyclic amines) is 1. The van der Waals surface area contributed by atoms with Gasteiger partial charge in [0.2, 0.25) is 0 Å². The van der Waals surface area contributed by atoms with Crippen LogP contribution in [0.3, 0.4) is 0 Å². The molecule has 3 rings (SSSR count). The average Bonchev–Trinajstić information content (AvgIpc) is 3.26. The molecule has 1 aliphatic heterocycles. The number of carbonyl (C=O) groups is 1. The van der Waals surface area contributed by atoms with Crippen molar-refractivity contribution in [1.29, 1.82) is 0 Å². The summed E-state index contributed by atoms with van der Waals surface area (Å²) in [5.74, 6) is 1.11. The van der Waals surface area contributed by atoms with Crippen molar-refractivity contribution >= 4 is 5.91 Å². The van der Waals surface area contributed by atoms with Crippen LogP contribution in [0, 0.1) is 12.8 Å². The van der Waals surface area contributed by atoms with E-state index in [1.54, 1.807) is 7.11 Å². The van der Waals surface area contributed by atoms with Crippen LogP contribution in [0.2, 0.25) is 0 Å². The van der Waals surface area contributed by atoms with Gasteiger partial charge in [0.05, 0.1) is 12.7 Å². The van der Waals surface area contributed by atoms with Gasteiger partial charge in [-0.05, 0) is 56.4 Å². The minimum Gasteiger partial charge on any atom is -0.496 e. The Balaban J connectivity index is 1.73. The molecule has 1 heterocycles. The predicted molar refractivity (Wildman–Crippen MR) is 80.5 cm³/mol. The molecule has 0 spiro atoms. The van der Waals surface area contributed by atoms with E-state index in [2.05, 4.69) is 0 Å². The Morgan fingerprint density at radius 2 is 2.19 bits per heavy atom. The molecule has 1 amide bonds. The Labute approximate surface area is 125 Å². The third kappa shape index (κ3) is 2.77. The lowest BCUT2D eigenvalue weighted by molar-refractivity contribution is 0.0282. The minimum atomic E-state index is -0.491. The molecule has 2 fully saturated rings. The van der Waals surface area contributed by atoms with E-state index in [1.165, 1.54) is 0 Å². The molecule has 1 aliphatic carbocycles. The number of methoxy groups -OCH3 is 1. The van der Waals surface area contributed by atoms with Crippen molar-refractivity contribution in [2.24, 2.45) is 5.92 Å². The highest BCUT2D eigenvalue weighted by molar-refractivity contribution is 5.94. The molecule has 0 bridgehead atoms. The molecule has 1 aromatic carbocycles. The Morgan fingerprint density at radius 3 is 2.81 bits per heavy atom. The number of piperidine rings is 1. The number of hydrogen-bond donors (Lipinski definition) is 1. The number of hydrogen-bond acceptors (Lipinski definition) is 3. The maximum absolute atomic E-state index is 12.6. The summed E-state index contributed by atoms with van der Waals surface area (Å²) < 4.78 is 5.24. The van der Waals surface area contributed by atoms with E-state index < -0.39 is 5.60 Å². The molecule has 21 heavy (non-hydrogen) atoms. The van der Waals surface area contributed by atoms with Crippen LogP contribution in [0.1, 0.15) is 41.6 Å². The average molecular weight is 289 g/mol. The summed E-state index contributed by atoms with van der Waals surface area (Å²) >= 11 is 0. The van der Waals surface area contributed by atoms with Gasteiger partial charge in [-0.25, -0.2) is 0 Å². The van der Waals surface area contributed by atoms with Crippen molar-refractivity contribution < 1.29 is 14.6 Å². The van der Waals surface area contributed by atoms with E-state index in [1.807, 2.05) is 30.0 Å². The Kier molecular flexibility index (Phi) is 3.66. The van der Waals surface area contributed by atoms with Crippen molar-refractivity contribution in [3.63, 3.8) is 0 Å². The monoisotopic (exact) mass is 289 g/mol. The molecule has 0 aromatic heterocycles. The molecule has 0 radical (unpaired) electrons. The lowest BCUT2D eigenvalue weighted by Crippen LogP contribution is -2.44. The summed E-state index contributed by atoms with van der Waals surface area (Å²) in [7, 11) is 1.63. The highest BCUT2D eigenvalue weighted by Crippen LogP contribution is 2.45. The lowest BCUT2D eigenvalue weighted by Gasteiger charge is -2.35. The summed E-state index contributed by atoms with van der Waals surface area (Å²) in [5.41, 5.74) is 1.18. The van der Waals surface area contributed by atoms with Crippen LogP contribution in [0.15, 0.2) is 18.2 Å². The zero-order valence-electron chi connectivity index (χ0n) is 12.8. The second kappa shape index (κ2) is 5.34. The second-order valence-electron chi connectivity index (χ2n) is 6.38. The number of ether oxygens (including phenoxy) is 1. The fourth-order valence-electron chi connectivity index (χ4n) is 3.33. The molecule has 2 aliphatic rings. The molecule has 4 nitrogen and oxygen atoms in total. The van der Waals surface area contributed by atoms with E-state index in [0.29, 0.717) is 12.1 Å². The SMILES string of the molecule is COc1ccc(C(=O)N2CCCC(C3(O)CC3)C2)cc1C. The van der Waals surface area contributed by atoms with Crippen LogP contribution in [-0.2, 0) is 0 Å². The zero-order valence-corrected chi connectivity index (χ0v) is 12.8. The fourth-order valence-corrected chi connectivity index (χ4v) is 3.33. The first-order chi connectivity index (χ1) is 10.0. The van der Waals surface area contributed by atoms with Gasteiger partial charge >= 0.3 is 0 Å². The predicted octanol–water partition coefficient (Wildman–Crippen LogP) is 2.38. The van der Waals surface area contributed by atoms with Gasteiger partial charge in [-0.3, -0.25) is 4.79 Å². The maximum Gasteiger partial charge on any atom is 0.253 e. The first kappa shape index (κ1) is 14.4. The normalized spacial score (nSPS) is 23.8. The summed E-state index contributed by atoms with van der Waals surface area (Å²) in [5, 5.41) is 10.3. The molecule has 1 saturated carbocycles. The van der Waals surface area contributed by atoms with Gasteiger partial charge in [0, 0.05) is 24.6 Å². The van der Waals surface area contributed by atoms with Crippen LogP contribution < -0.4 is 4.74 Å². The number of carbonyl (C=O) groups excluding carboxylic acids is 1. The van der Waals surface area contributed by atoms with Crippen molar-refractivity contribution in [1.82, 2.24) is 4.90 Å². The van der Waals surface area contributed by atoms with E-state index >= 15 is 0 Å². The minimum absolute atomic E-state index is 0.0645. The van der Waals surface area contributed by atoms with Crippen molar-refractivity contribution in [2.45, 2.75) is 38.2 Å². The van der Waals surface area contributed by atoms with Gasteiger partial charge in [-0.1, -0.05) is 0 Å². The van der Waals surface area contributed by atoms with Gasteiger partial charge < -0.3 is 14.7 Å². The molecular weight excluding hydrogens is 266 g/mol. The molecular formula is C17H23NO3. The summed E-state index contributed by atoms with van der Waals surface area (Å²) in [4.78, 5) is 14.5. The molecule has 1 saturated heterocycles. The molecule has 1 N–H and O–H groups in total. The van der Waals surface area contributed by atoms with E-state index in [-0.39, 0.29) is 11.8 Å². The molecule has 1 aromatic rings.